The van der Waals surface area contributed by atoms with Gasteiger partial charge in [-0.15, -0.1) is 11.6 Å². The van der Waals surface area contributed by atoms with Crippen LogP contribution in [0.15, 0.2) is 76.6 Å². The highest BCUT2D eigenvalue weighted by Gasteiger charge is 2.04. The van der Waals surface area contributed by atoms with Crippen LogP contribution in [-0.2, 0) is 6.54 Å². The molecule has 0 spiro atoms. The van der Waals surface area contributed by atoms with Gasteiger partial charge in [0, 0.05) is 24.8 Å². The summed E-state index contributed by atoms with van der Waals surface area (Å²) in [4.78, 5) is 28.7. The molecule has 0 aliphatic carbocycles. The van der Waals surface area contributed by atoms with Gasteiger partial charge in [0.2, 0.25) is 0 Å². The van der Waals surface area contributed by atoms with Gasteiger partial charge in [-0.25, -0.2) is 0 Å². The molecule has 0 aliphatic rings. The fourth-order valence-corrected chi connectivity index (χ4v) is 3.44. The van der Waals surface area contributed by atoms with Crippen molar-refractivity contribution in [1.29, 1.82) is 0 Å². The van der Waals surface area contributed by atoms with Gasteiger partial charge in [0.25, 0.3) is 11.1 Å². The molecule has 2 aromatic carbocycles. The first kappa shape index (κ1) is 22.4. The molecule has 0 saturated heterocycles. The van der Waals surface area contributed by atoms with Crippen LogP contribution in [0.25, 0.3) is 21.5 Å². The van der Waals surface area contributed by atoms with Gasteiger partial charge in [0.15, 0.2) is 0 Å². The minimum Gasteiger partial charge on any atom is -0.497 e. The second kappa shape index (κ2) is 10.7. The van der Waals surface area contributed by atoms with E-state index >= 15 is 0 Å². The Labute approximate surface area is 185 Å². The molecule has 0 atom stereocenters. The fourth-order valence-electron chi connectivity index (χ4n) is 3.25. The number of aromatic nitrogens is 2. The Morgan fingerprint density at radius 1 is 0.839 bits per heavy atom. The molecule has 0 N–H and O–H groups in total. The van der Waals surface area contributed by atoms with Crippen molar-refractivity contribution in [1.82, 2.24) is 9.30 Å². The van der Waals surface area contributed by atoms with E-state index in [1.54, 1.807) is 30.0 Å². The van der Waals surface area contributed by atoms with E-state index in [-0.39, 0.29) is 11.1 Å². The van der Waals surface area contributed by atoms with Gasteiger partial charge in [0.05, 0.1) is 17.9 Å². The van der Waals surface area contributed by atoms with Crippen molar-refractivity contribution in [3.05, 3.63) is 87.7 Å². The molecule has 0 bridgehead atoms. The maximum Gasteiger partial charge on any atom is 0.290 e. The normalized spacial score (nSPS) is 10.5. The van der Waals surface area contributed by atoms with Crippen LogP contribution in [0.2, 0.25) is 0 Å². The van der Waals surface area contributed by atoms with Gasteiger partial charge < -0.3 is 14.1 Å². The summed E-state index contributed by atoms with van der Waals surface area (Å²) in [6.07, 6.45) is 5.29. The van der Waals surface area contributed by atoms with Crippen molar-refractivity contribution in [2.24, 2.45) is 0 Å². The molecule has 0 radical (unpaired) electrons. The van der Waals surface area contributed by atoms with Gasteiger partial charge in [-0.3, -0.25) is 9.59 Å². The minimum atomic E-state index is -0.124. The molecule has 0 unspecified atom stereocenters. The van der Waals surface area contributed by atoms with E-state index in [0.29, 0.717) is 28.9 Å². The van der Waals surface area contributed by atoms with Crippen molar-refractivity contribution in [2.75, 3.05) is 20.1 Å². The summed E-state index contributed by atoms with van der Waals surface area (Å²) in [6, 6.07) is 16.8. The Morgan fingerprint density at radius 3 is 2.32 bits per heavy atom. The molecule has 6 nitrogen and oxygen atoms in total. The van der Waals surface area contributed by atoms with E-state index in [9.17, 15) is 9.59 Å². The molecule has 2 heterocycles. The minimum absolute atomic E-state index is 0.0287. The Hall–Kier alpha value is -3.25. The number of hydrogen-bond acceptors (Lipinski definition) is 4. The average Bonchev–Trinajstić information content (AvgIpc) is 2.81. The zero-order valence-electron chi connectivity index (χ0n) is 17.6. The predicted molar refractivity (Wildman–Crippen MR) is 125 cm³/mol. The maximum absolute atomic E-state index is 12.3. The third-order valence-electron chi connectivity index (χ3n) is 4.95. The van der Waals surface area contributed by atoms with Crippen LogP contribution in [0.4, 0.5) is 0 Å². The number of nitrogens with zero attached hydrogens (tertiary/aromatic N) is 2. The van der Waals surface area contributed by atoms with Gasteiger partial charge in [0.1, 0.15) is 12.9 Å². The lowest BCUT2D eigenvalue weighted by Gasteiger charge is -2.07. The van der Waals surface area contributed by atoms with Crippen LogP contribution in [0, 0.1) is 0 Å². The van der Waals surface area contributed by atoms with Crippen LogP contribution in [0.1, 0.15) is 12.8 Å². The molecule has 0 saturated carbocycles. The van der Waals surface area contributed by atoms with E-state index in [0.717, 1.165) is 23.6 Å². The largest absolute Gasteiger partial charge is 0.497 e. The van der Waals surface area contributed by atoms with Crippen LogP contribution < -0.4 is 20.7 Å². The summed E-state index contributed by atoms with van der Waals surface area (Å²) >= 11 is 5.64. The first-order valence-electron chi connectivity index (χ1n) is 9.97. The summed E-state index contributed by atoms with van der Waals surface area (Å²) in [5.74, 6) is 1.34. The SMILES string of the molecule is COc1ccc2ccn(CCCCCl)c(=O)c2c1.COn1ccc2ccccc2c1=O. The van der Waals surface area contributed by atoms with Crippen LogP contribution >= 0.6 is 11.6 Å². The summed E-state index contributed by atoms with van der Waals surface area (Å²) < 4.78 is 8.09. The predicted octanol–water partition coefficient (Wildman–Crippen LogP) is 4.09. The number of pyridine rings is 2. The smallest absolute Gasteiger partial charge is 0.290 e. The highest BCUT2D eigenvalue weighted by Crippen LogP contribution is 2.17. The third-order valence-corrected chi connectivity index (χ3v) is 5.21. The summed E-state index contributed by atoms with van der Waals surface area (Å²) in [6.45, 7) is 0.707. The highest BCUT2D eigenvalue weighted by atomic mass is 35.5. The Balaban J connectivity index is 0.000000185. The molecule has 162 valence electrons. The quantitative estimate of drug-likeness (QED) is 0.334. The molecule has 2 aromatic heterocycles. The summed E-state index contributed by atoms with van der Waals surface area (Å²) in [5.41, 5.74) is -0.0958. The zero-order chi connectivity index (χ0) is 22.2. The van der Waals surface area contributed by atoms with Crippen LogP contribution in [-0.4, -0.2) is 29.4 Å². The Bertz CT molecular complexity index is 1280. The van der Waals surface area contributed by atoms with Crippen molar-refractivity contribution >= 4 is 33.1 Å². The van der Waals surface area contributed by atoms with Gasteiger partial charge in [-0.1, -0.05) is 24.3 Å². The molecule has 0 aliphatic heterocycles. The lowest BCUT2D eigenvalue weighted by Crippen LogP contribution is -2.23. The van der Waals surface area contributed by atoms with Crippen molar-refractivity contribution < 1.29 is 9.57 Å². The Morgan fingerprint density at radius 2 is 1.58 bits per heavy atom. The van der Waals surface area contributed by atoms with E-state index < -0.39 is 0 Å². The molecular weight excluding hydrogens is 416 g/mol. The number of ether oxygens (including phenoxy) is 1. The second-order valence-corrected chi connectivity index (χ2v) is 7.26. The zero-order valence-corrected chi connectivity index (χ0v) is 18.3. The van der Waals surface area contributed by atoms with Gasteiger partial charge in [-0.2, -0.15) is 4.73 Å². The topological polar surface area (TPSA) is 62.5 Å². The number of methoxy groups -OCH3 is 1. The molecule has 0 amide bonds. The number of benzene rings is 2. The first-order valence-corrected chi connectivity index (χ1v) is 10.5. The van der Waals surface area contributed by atoms with Gasteiger partial charge in [-0.05, 0) is 53.9 Å². The lowest BCUT2D eigenvalue weighted by molar-refractivity contribution is 0.158. The molecule has 4 aromatic rings. The second-order valence-electron chi connectivity index (χ2n) is 6.88. The van der Waals surface area contributed by atoms with Crippen molar-refractivity contribution in [3.8, 4) is 5.75 Å². The third kappa shape index (κ3) is 5.27. The van der Waals surface area contributed by atoms with E-state index in [2.05, 4.69) is 0 Å². The van der Waals surface area contributed by atoms with E-state index in [1.165, 1.54) is 11.8 Å². The Kier molecular flexibility index (Phi) is 7.73. The number of unbranched alkanes of at least 4 members (excludes halogenated alkanes) is 1. The monoisotopic (exact) mass is 440 g/mol. The maximum atomic E-state index is 12.3. The number of alkyl halides is 1. The first-order chi connectivity index (χ1) is 15.1. The van der Waals surface area contributed by atoms with Crippen molar-refractivity contribution in [2.45, 2.75) is 19.4 Å². The van der Waals surface area contributed by atoms with Crippen molar-refractivity contribution in [3.63, 3.8) is 0 Å². The van der Waals surface area contributed by atoms with Gasteiger partial charge >= 0.3 is 0 Å². The number of aryl methyl sites for hydroxylation is 1. The molecular formula is C24H25ClN2O4. The fraction of sp³-hybridized carbons (Fsp3) is 0.250. The van der Waals surface area contributed by atoms with E-state index in [1.807, 2.05) is 48.7 Å². The highest BCUT2D eigenvalue weighted by molar-refractivity contribution is 6.17. The number of hydrogen-bond donors (Lipinski definition) is 0. The number of fused-ring (bicyclic) bond motifs is 2. The van der Waals surface area contributed by atoms with E-state index in [4.69, 9.17) is 21.2 Å². The molecule has 4 rings (SSSR count). The average molecular weight is 441 g/mol. The molecule has 31 heavy (non-hydrogen) atoms. The van der Waals surface area contributed by atoms with Crippen LogP contribution in [0.3, 0.4) is 0 Å². The standard InChI is InChI=1S/C14H16ClNO2.C10H9NO2/c1-18-12-5-4-11-6-9-16(8-3-2-7-15)14(17)13(11)10-12;1-13-11-7-6-8-4-2-3-5-9(8)10(11)12/h4-6,9-10H,2-3,7-8H2,1H3;2-7H,1H3. The lowest BCUT2D eigenvalue weighted by atomic mass is 10.1. The molecule has 7 heteroatoms. The summed E-state index contributed by atoms with van der Waals surface area (Å²) in [5, 5.41) is 3.24. The number of rotatable bonds is 6. The summed E-state index contributed by atoms with van der Waals surface area (Å²) in [7, 11) is 3.07. The molecule has 0 fully saturated rings. The van der Waals surface area contributed by atoms with Crippen LogP contribution in [0.5, 0.6) is 5.75 Å². The number of halogens is 1.